The lowest BCUT2D eigenvalue weighted by Crippen LogP contribution is -2.07. The van der Waals surface area contributed by atoms with Gasteiger partial charge in [0, 0.05) is 6.42 Å². The van der Waals surface area contributed by atoms with E-state index in [9.17, 15) is 5.26 Å². The lowest BCUT2D eigenvalue weighted by Gasteiger charge is -2.20. The summed E-state index contributed by atoms with van der Waals surface area (Å²) in [5, 5.41) is 14.9. The number of rotatable bonds is 4. The van der Waals surface area contributed by atoms with E-state index in [-0.39, 0.29) is 0 Å². The summed E-state index contributed by atoms with van der Waals surface area (Å²) in [6.45, 7) is 2.03. The van der Waals surface area contributed by atoms with Crippen molar-refractivity contribution in [1.29, 1.82) is 5.26 Å². The predicted octanol–water partition coefficient (Wildman–Crippen LogP) is 3.74. The normalized spacial score (nSPS) is 16.6. The molecule has 1 fully saturated rings. The van der Waals surface area contributed by atoms with Gasteiger partial charge < -0.3 is 0 Å². The molecule has 0 unspecified atom stereocenters. The molecule has 0 bridgehead atoms. The second-order valence-corrected chi connectivity index (χ2v) is 6.65. The average Bonchev–Trinajstić information content (AvgIpc) is 3.02. The summed E-state index contributed by atoms with van der Waals surface area (Å²) >= 11 is 1.64. The van der Waals surface area contributed by atoms with Crippen molar-refractivity contribution < 1.29 is 0 Å². The first-order chi connectivity index (χ1) is 9.81. The van der Waals surface area contributed by atoms with Crippen LogP contribution in [0.3, 0.4) is 0 Å². The molecule has 2 aromatic rings. The number of fused-ring (bicyclic) bond motifs is 1. The molecular weight excluding hydrogens is 268 g/mol. The van der Waals surface area contributed by atoms with Crippen LogP contribution in [-0.4, -0.2) is 14.6 Å². The molecule has 0 aliphatic heterocycles. The third-order valence-corrected chi connectivity index (χ3v) is 5.22. The largest absolute Gasteiger partial charge is 0.221 e. The van der Waals surface area contributed by atoms with Gasteiger partial charge >= 0.3 is 0 Å². The maximum Gasteiger partial charge on any atom is 0.213 e. The van der Waals surface area contributed by atoms with Gasteiger partial charge in [-0.2, -0.15) is 14.9 Å². The van der Waals surface area contributed by atoms with Crippen molar-refractivity contribution in [2.75, 3.05) is 0 Å². The highest BCUT2D eigenvalue weighted by Crippen LogP contribution is 2.28. The average molecular weight is 288 g/mol. The van der Waals surface area contributed by atoms with Crippen LogP contribution in [0.15, 0.2) is 0 Å². The molecule has 1 aliphatic rings. The van der Waals surface area contributed by atoms with E-state index >= 15 is 0 Å². The summed E-state index contributed by atoms with van der Waals surface area (Å²) in [5.41, 5.74) is 1.48. The van der Waals surface area contributed by atoms with E-state index in [2.05, 4.69) is 16.2 Å². The van der Waals surface area contributed by atoms with Gasteiger partial charge in [-0.05, 0) is 18.8 Å². The van der Waals surface area contributed by atoms with Gasteiger partial charge in [0.05, 0.1) is 5.69 Å². The van der Waals surface area contributed by atoms with Gasteiger partial charge in [0.1, 0.15) is 11.1 Å². The molecule has 1 saturated carbocycles. The number of aromatic nitrogens is 3. The number of aryl methyl sites for hydroxylation is 2. The molecule has 20 heavy (non-hydrogen) atoms. The van der Waals surface area contributed by atoms with Crippen LogP contribution >= 0.6 is 11.3 Å². The topological polar surface area (TPSA) is 54.0 Å². The van der Waals surface area contributed by atoms with Crippen molar-refractivity contribution in [2.45, 2.75) is 58.3 Å². The van der Waals surface area contributed by atoms with Crippen LogP contribution in [0.25, 0.3) is 4.96 Å². The quantitative estimate of drug-likeness (QED) is 0.861. The summed E-state index contributed by atoms with van der Waals surface area (Å²) in [6.07, 6.45) is 10.0. The molecule has 1 aliphatic carbocycles. The SMILES string of the molecule is CCc1nc2sc(CCC3CCCCC3)nn2c1C#N. The fourth-order valence-electron chi connectivity index (χ4n) is 3.09. The molecule has 0 N–H and O–H groups in total. The Morgan fingerprint density at radius 2 is 2.15 bits per heavy atom. The fourth-order valence-corrected chi connectivity index (χ4v) is 4.02. The van der Waals surface area contributed by atoms with Gasteiger partial charge in [0.2, 0.25) is 4.96 Å². The summed E-state index contributed by atoms with van der Waals surface area (Å²) in [6, 6.07) is 2.23. The minimum Gasteiger partial charge on any atom is -0.221 e. The molecule has 4 nitrogen and oxygen atoms in total. The van der Waals surface area contributed by atoms with E-state index in [0.717, 1.165) is 34.4 Å². The van der Waals surface area contributed by atoms with E-state index < -0.39 is 0 Å². The lowest BCUT2D eigenvalue weighted by atomic mass is 9.86. The second kappa shape index (κ2) is 5.92. The molecule has 0 spiro atoms. The molecule has 0 saturated heterocycles. The third kappa shape index (κ3) is 2.57. The smallest absolute Gasteiger partial charge is 0.213 e. The van der Waals surface area contributed by atoms with Gasteiger partial charge in [-0.1, -0.05) is 50.4 Å². The summed E-state index contributed by atoms with van der Waals surface area (Å²) in [5.74, 6) is 0.876. The fraction of sp³-hybridized carbons (Fsp3) is 0.667. The van der Waals surface area contributed by atoms with E-state index in [0.29, 0.717) is 5.69 Å². The van der Waals surface area contributed by atoms with Gasteiger partial charge in [0.25, 0.3) is 0 Å². The van der Waals surface area contributed by atoms with E-state index in [4.69, 9.17) is 0 Å². The molecule has 2 heterocycles. The van der Waals surface area contributed by atoms with E-state index in [1.807, 2.05) is 6.92 Å². The first-order valence-electron chi connectivity index (χ1n) is 7.59. The Hall–Kier alpha value is -1.41. The standard InChI is InChI=1S/C15H20N4S/c1-2-12-13(10-16)19-15(17-12)20-14(18-19)9-8-11-6-4-3-5-7-11/h11H,2-9H2,1H3. The zero-order valence-electron chi connectivity index (χ0n) is 11.9. The van der Waals surface area contributed by atoms with Gasteiger partial charge in [-0.3, -0.25) is 0 Å². The highest BCUT2D eigenvalue weighted by Gasteiger charge is 2.17. The minimum atomic E-state index is 0.614. The molecule has 0 aromatic carbocycles. The van der Waals surface area contributed by atoms with Crippen LogP contribution in [0.2, 0.25) is 0 Å². The minimum absolute atomic E-state index is 0.614. The van der Waals surface area contributed by atoms with Crippen molar-refractivity contribution in [3.8, 4) is 6.07 Å². The summed E-state index contributed by atoms with van der Waals surface area (Å²) in [4.78, 5) is 5.39. The number of imidazole rings is 1. The molecular formula is C15H20N4S. The Labute approximate surface area is 123 Å². The molecule has 106 valence electrons. The Morgan fingerprint density at radius 1 is 1.35 bits per heavy atom. The Bertz CT molecular complexity index is 628. The summed E-state index contributed by atoms with van der Waals surface area (Å²) in [7, 11) is 0. The van der Waals surface area contributed by atoms with Crippen LogP contribution in [0.1, 0.15) is 61.8 Å². The van der Waals surface area contributed by atoms with E-state index in [1.54, 1.807) is 15.9 Å². The van der Waals surface area contributed by atoms with Crippen molar-refractivity contribution in [2.24, 2.45) is 5.92 Å². The maximum atomic E-state index is 9.23. The van der Waals surface area contributed by atoms with Crippen molar-refractivity contribution in [3.63, 3.8) is 0 Å². The molecule has 0 atom stereocenters. The molecule has 0 radical (unpaired) electrons. The highest BCUT2D eigenvalue weighted by atomic mass is 32.1. The first-order valence-corrected chi connectivity index (χ1v) is 8.41. The van der Waals surface area contributed by atoms with Crippen LogP contribution in [0.5, 0.6) is 0 Å². The van der Waals surface area contributed by atoms with Crippen LogP contribution in [0, 0.1) is 17.2 Å². The highest BCUT2D eigenvalue weighted by molar-refractivity contribution is 7.16. The van der Waals surface area contributed by atoms with Crippen LogP contribution in [0.4, 0.5) is 0 Å². The molecule has 0 amide bonds. The Morgan fingerprint density at radius 3 is 2.85 bits per heavy atom. The van der Waals surface area contributed by atoms with Crippen LogP contribution in [-0.2, 0) is 12.8 Å². The first kappa shape index (κ1) is 13.6. The number of hydrogen-bond acceptors (Lipinski definition) is 4. The lowest BCUT2D eigenvalue weighted by molar-refractivity contribution is 0.339. The van der Waals surface area contributed by atoms with Crippen LogP contribution < -0.4 is 0 Å². The van der Waals surface area contributed by atoms with Crippen molar-refractivity contribution >= 4 is 16.3 Å². The van der Waals surface area contributed by atoms with Gasteiger partial charge in [-0.15, -0.1) is 0 Å². The van der Waals surface area contributed by atoms with E-state index in [1.165, 1.54) is 38.5 Å². The maximum absolute atomic E-state index is 9.23. The number of hydrogen-bond donors (Lipinski definition) is 0. The third-order valence-electron chi connectivity index (χ3n) is 4.25. The number of nitriles is 1. The molecule has 3 rings (SSSR count). The van der Waals surface area contributed by atoms with Crippen molar-refractivity contribution in [1.82, 2.24) is 14.6 Å². The Kier molecular flexibility index (Phi) is 4.02. The van der Waals surface area contributed by atoms with Gasteiger partial charge in [-0.25, -0.2) is 4.98 Å². The zero-order valence-corrected chi connectivity index (χ0v) is 12.7. The predicted molar refractivity (Wildman–Crippen MR) is 79.9 cm³/mol. The molecule has 5 heteroatoms. The van der Waals surface area contributed by atoms with Gasteiger partial charge in [0.15, 0.2) is 5.69 Å². The zero-order chi connectivity index (χ0) is 13.9. The summed E-state index contributed by atoms with van der Waals surface area (Å²) < 4.78 is 1.74. The second-order valence-electron chi connectivity index (χ2n) is 5.61. The Balaban J connectivity index is 1.73. The molecule has 2 aromatic heterocycles. The number of nitrogens with zero attached hydrogens (tertiary/aromatic N) is 4. The van der Waals surface area contributed by atoms with Crippen molar-refractivity contribution in [3.05, 3.63) is 16.4 Å². The monoisotopic (exact) mass is 288 g/mol.